The molecule has 0 spiro atoms. The van der Waals surface area contributed by atoms with Crippen molar-refractivity contribution in [1.82, 2.24) is 0 Å². The fraction of sp³-hybridized carbons (Fsp3) is 0.299. The van der Waals surface area contributed by atoms with Gasteiger partial charge in [-0.2, -0.15) is 0 Å². The predicted molar refractivity (Wildman–Crippen MR) is 433 cm³/mol. The van der Waals surface area contributed by atoms with E-state index in [9.17, 15) is 0 Å². The first-order valence-corrected chi connectivity index (χ1v) is 38.7. The molecule has 3 aliphatic rings. The van der Waals surface area contributed by atoms with Gasteiger partial charge >= 0.3 is 0 Å². The first-order chi connectivity index (χ1) is 50.1. The van der Waals surface area contributed by atoms with Gasteiger partial charge in [-0.15, -0.1) is 0 Å². The highest BCUT2D eigenvalue weighted by Gasteiger charge is 2.44. The van der Waals surface area contributed by atoms with Gasteiger partial charge in [0.25, 0.3) is 23.6 Å². The van der Waals surface area contributed by atoms with Crippen molar-refractivity contribution in [3.05, 3.63) is 238 Å². The van der Waals surface area contributed by atoms with Crippen LogP contribution in [0, 0.1) is 0 Å². The van der Waals surface area contributed by atoms with Gasteiger partial charge in [0, 0.05) is 38.4 Å². The fourth-order valence-corrected chi connectivity index (χ4v) is 19.3. The van der Waals surface area contributed by atoms with Crippen LogP contribution in [-0.2, 0) is 5.41 Å². The number of unbranched alkanes of at least 4 members (excludes halogenated alkanes) is 10. The van der Waals surface area contributed by atoms with E-state index >= 15 is 19.2 Å². The largest absolute Gasteiger partial charge is 0.268 e. The van der Waals surface area contributed by atoms with Gasteiger partial charge < -0.3 is 0 Å². The average molecular weight is 1350 g/mol. The van der Waals surface area contributed by atoms with Crippen molar-refractivity contribution >= 4 is 121 Å². The quantitative estimate of drug-likeness (QED) is 0.0293. The monoisotopic (exact) mass is 1350 g/mol. The number of amides is 4. The number of fused-ring (bicyclic) bond motifs is 7. The van der Waals surface area contributed by atoms with E-state index in [0.717, 1.165) is 124 Å². The molecule has 0 N–H and O–H groups in total. The number of benzene rings is 14. The summed E-state index contributed by atoms with van der Waals surface area (Å²) in [7, 11) is 0. The Bertz CT molecular complexity index is 5310. The molecule has 0 radical (unpaired) electrons. The van der Waals surface area contributed by atoms with Crippen LogP contribution in [0.25, 0.3) is 120 Å². The zero-order valence-corrected chi connectivity index (χ0v) is 61.6. The molecule has 514 valence electrons. The molecule has 2 heterocycles. The molecule has 4 amide bonds. The van der Waals surface area contributed by atoms with Crippen LogP contribution in [0.4, 0.5) is 11.4 Å². The molecular weight excluding hydrogens is 1260 g/mol. The SMILES string of the molecule is CCCCCCCCC1(CCCCCCCC)c2cc(-c3ccc4c5ccc6c7c(ccc(c8cccc3c84)c75)C(=O)N(c3c(C(C)C)cccc3C(C)C)C6=O)ccc2-c2ccc(-c3ccc4c5ccc6c7c(ccc(c8cccc3c84)c75)C(=O)N(c3c(C(C)C)cccc3C(C)C)C6=O)cc21. The standard InChI is InChI=1S/C97H92N2O4/c1-11-13-15-17-19-21-51-97(52-22-20-18-16-14-12-2)83-53-59(65-39-41-73-77-45-49-81-89-79(47-43-75(87(77)89)71-33-25-31-69(65)85(71)73)93(100)98(95(81)102)91-61(55(3)4)27-23-28-62(91)56(5)6)35-37-67(83)68-38-36-60(54-84(68)97)66-40-42-74-78-46-50-82-90-80(48-44-76(88(78)90)72-34-26-32-70(66)86(72)74)94(101)99(96(82)103)92-63(57(7)8)29-24-30-64(92)58(9)10/h23-50,53-58H,11-22,51-52H2,1-10H3. The van der Waals surface area contributed by atoms with Crippen LogP contribution < -0.4 is 9.80 Å². The number of nitrogens with zero attached hydrogens (tertiary/aromatic N) is 2. The Kier molecular flexibility index (Phi) is 16.5. The molecule has 6 nitrogen and oxygen atoms in total. The molecule has 0 saturated carbocycles. The Hall–Kier alpha value is -10.0. The first kappa shape index (κ1) is 66.2. The van der Waals surface area contributed by atoms with Gasteiger partial charge in [0.05, 0.1) is 11.4 Å². The summed E-state index contributed by atoms with van der Waals surface area (Å²) in [4.78, 5) is 63.7. The molecule has 14 aromatic carbocycles. The van der Waals surface area contributed by atoms with Crippen LogP contribution in [-0.4, -0.2) is 23.6 Å². The van der Waals surface area contributed by atoms with Crippen molar-refractivity contribution in [3.8, 4) is 33.4 Å². The lowest BCUT2D eigenvalue weighted by Gasteiger charge is -2.33. The van der Waals surface area contributed by atoms with Crippen molar-refractivity contribution in [3.63, 3.8) is 0 Å². The zero-order chi connectivity index (χ0) is 71.0. The highest BCUT2D eigenvalue weighted by atomic mass is 16.2. The molecule has 0 fully saturated rings. The van der Waals surface area contributed by atoms with E-state index in [-0.39, 0.29) is 52.7 Å². The average Bonchev–Trinajstić information content (AvgIpc) is 0.784. The van der Waals surface area contributed by atoms with E-state index in [2.05, 4.69) is 227 Å². The van der Waals surface area contributed by atoms with Gasteiger partial charge in [-0.1, -0.05) is 292 Å². The van der Waals surface area contributed by atoms with Gasteiger partial charge in [0.1, 0.15) is 0 Å². The van der Waals surface area contributed by atoms with Gasteiger partial charge in [-0.3, -0.25) is 19.2 Å². The number of anilines is 2. The highest BCUT2D eigenvalue weighted by Crippen LogP contribution is 2.58. The third kappa shape index (κ3) is 10.1. The second kappa shape index (κ2) is 25.7. The molecule has 103 heavy (non-hydrogen) atoms. The summed E-state index contributed by atoms with van der Waals surface area (Å²) in [6.45, 7) is 21.7. The Morgan fingerprint density at radius 2 is 0.544 bits per heavy atom. The molecule has 0 aromatic heterocycles. The van der Waals surface area contributed by atoms with Crippen molar-refractivity contribution in [2.75, 3.05) is 9.80 Å². The highest BCUT2D eigenvalue weighted by molar-refractivity contribution is 6.45. The summed E-state index contributed by atoms with van der Waals surface area (Å²) in [5.74, 6) is -0.633. The predicted octanol–water partition coefficient (Wildman–Crippen LogP) is 27.0. The Balaban J connectivity index is 0.791. The summed E-state index contributed by atoms with van der Waals surface area (Å²) in [5, 5.41) is 16.9. The van der Waals surface area contributed by atoms with E-state index < -0.39 is 0 Å². The topological polar surface area (TPSA) is 74.8 Å². The fourth-order valence-electron chi connectivity index (χ4n) is 19.3. The van der Waals surface area contributed by atoms with Crippen molar-refractivity contribution in [2.45, 2.75) is 188 Å². The Morgan fingerprint density at radius 3 is 0.874 bits per heavy atom. The minimum Gasteiger partial charge on any atom is -0.268 e. The molecular formula is C97H92N2O4. The van der Waals surface area contributed by atoms with Gasteiger partial charge in [-0.05, 0) is 215 Å². The third-order valence-corrected chi connectivity index (χ3v) is 24.3. The number of hydrogen-bond acceptors (Lipinski definition) is 4. The van der Waals surface area contributed by atoms with Crippen molar-refractivity contribution < 1.29 is 19.2 Å². The number of imide groups is 2. The summed E-state index contributed by atoms with van der Waals surface area (Å²) in [6, 6.07) is 66.5. The molecule has 0 unspecified atom stereocenters. The molecule has 0 bridgehead atoms. The van der Waals surface area contributed by atoms with Crippen molar-refractivity contribution in [2.24, 2.45) is 0 Å². The second-order valence-corrected chi connectivity index (χ2v) is 31.6. The maximum Gasteiger partial charge on any atom is 0.266 e. The smallest absolute Gasteiger partial charge is 0.266 e. The third-order valence-electron chi connectivity index (χ3n) is 24.3. The van der Waals surface area contributed by atoms with Crippen LogP contribution in [0.5, 0.6) is 0 Å². The van der Waals surface area contributed by atoms with Gasteiger partial charge in [-0.25, -0.2) is 9.80 Å². The lowest BCUT2D eigenvalue weighted by molar-refractivity contribution is 0.0877. The molecule has 17 rings (SSSR count). The molecule has 2 aliphatic heterocycles. The minimum absolute atomic E-state index is 0.108. The zero-order valence-electron chi connectivity index (χ0n) is 61.6. The van der Waals surface area contributed by atoms with Crippen LogP contribution in [0.15, 0.2) is 182 Å². The Labute approximate surface area is 605 Å². The molecule has 0 atom stereocenters. The van der Waals surface area contributed by atoms with Crippen LogP contribution in [0.2, 0.25) is 0 Å². The van der Waals surface area contributed by atoms with E-state index in [1.165, 1.54) is 140 Å². The summed E-state index contributed by atoms with van der Waals surface area (Å²) in [5.41, 5.74) is 17.9. The molecule has 14 aromatic rings. The lowest BCUT2D eigenvalue weighted by Crippen LogP contribution is -2.41. The van der Waals surface area contributed by atoms with E-state index in [4.69, 9.17) is 0 Å². The summed E-state index contributed by atoms with van der Waals surface area (Å²) < 4.78 is 0. The van der Waals surface area contributed by atoms with E-state index in [1.807, 2.05) is 24.3 Å². The maximum absolute atomic E-state index is 15.2. The number of carbonyl (C=O) groups is 4. The van der Waals surface area contributed by atoms with Crippen LogP contribution in [0.1, 0.15) is 258 Å². The van der Waals surface area contributed by atoms with Crippen LogP contribution >= 0.6 is 0 Å². The molecule has 1 aliphatic carbocycles. The minimum atomic E-state index is -0.266. The van der Waals surface area contributed by atoms with E-state index in [0.29, 0.717) is 22.3 Å². The number of rotatable bonds is 22. The number of para-hydroxylation sites is 2. The van der Waals surface area contributed by atoms with E-state index in [1.54, 1.807) is 0 Å². The van der Waals surface area contributed by atoms with Crippen molar-refractivity contribution in [1.29, 1.82) is 0 Å². The number of carbonyl (C=O) groups excluding carboxylic acids is 4. The molecule has 0 saturated heterocycles. The lowest BCUT2D eigenvalue weighted by atomic mass is 9.69. The number of hydrogen-bond donors (Lipinski definition) is 0. The molecule has 6 heteroatoms. The second-order valence-electron chi connectivity index (χ2n) is 31.6. The van der Waals surface area contributed by atoms with Gasteiger partial charge in [0.15, 0.2) is 0 Å². The summed E-state index contributed by atoms with van der Waals surface area (Å²) in [6.07, 6.45) is 16.9. The van der Waals surface area contributed by atoms with Crippen LogP contribution in [0.3, 0.4) is 0 Å². The van der Waals surface area contributed by atoms with Gasteiger partial charge in [0.2, 0.25) is 0 Å². The summed E-state index contributed by atoms with van der Waals surface area (Å²) >= 11 is 0. The first-order valence-electron chi connectivity index (χ1n) is 38.7. The normalized spacial score (nSPS) is 14.3. The maximum atomic E-state index is 15.2. The Morgan fingerprint density at radius 1 is 0.272 bits per heavy atom.